The van der Waals surface area contributed by atoms with Gasteiger partial charge in [0.1, 0.15) is 11.4 Å². The van der Waals surface area contributed by atoms with Gasteiger partial charge < -0.3 is 15.1 Å². The zero-order valence-corrected chi connectivity index (χ0v) is 19.2. The monoisotopic (exact) mass is 435 g/mol. The Morgan fingerprint density at radius 3 is 2.25 bits per heavy atom. The number of piperazine rings is 1. The highest BCUT2D eigenvalue weighted by Gasteiger charge is 2.43. The maximum Gasteiger partial charge on any atom is 0.322 e. The Kier molecular flexibility index (Phi) is 5.40. The number of benzene rings is 1. The number of carbonyl (C=O) groups is 3. The van der Waals surface area contributed by atoms with Gasteiger partial charge in [0.15, 0.2) is 0 Å². The summed E-state index contributed by atoms with van der Waals surface area (Å²) in [5.74, 6) is 0.571. The average molecular weight is 436 g/mol. The Bertz CT molecular complexity index is 1120. The number of carbonyl (C=O) groups excluding carboxylic acids is 3. The molecule has 2 aromatic rings. The predicted octanol–water partition coefficient (Wildman–Crippen LogP) is 2.33. The summed E-state index contributed by atoms with van der Waals surface area (Å²) >= 11 is 0. The summed E-state index contributed by atoms with van der Waals surface area (Å²) in [4.78, 5) is 45.9. The largest absolute Gasteiger partial charge is 0.353 e. The molecular formula is C24H29N5O3. The van der Waals surface area contributed by atoms with Gasteiger partial charge in [0.2, 0.25) is 0 Å². The fraction of sp³-hybridized carbons (Fsp3) is 0.417. The van der Waals surface area contributed by atoms with Gasteiger partial charge in [-0.25, -0.2) is 9.78 Å². The molecule has 2 saturated heterocycles. The molecular weight excluding hydrogens is 406 g/mol. The molecule has 2 fully saturated rings. The lowest BCUT2D eigenvalue weighted by atomic mass is 9.89. The summed E-state index contributed by atoms with van der Waals surface area (Å²) in [6, 6.07) is 6.94. The molecule has 1 unspecified atom stereocenters. The molecule has 0 saturated carbocycles. The third kappa shape index (κ3) is 3.70. The molecule has 168 valence electrons. The standard InChI is InChI=1S/C24H29N5O3/c1-14-12-16(3)20(25-17(14)4)28-8-10-29(11-9-28)21(30)19-7-6-18(13-15(19)2)24(5)22(31)26-23(32)27-24/h6-7,12-13H,8-11H2,1-5H3,(H2,26,27,31,32). The number of aryl methyl sites for hydroxylation is 4. The normalized spacial score (nSPS) is 20.9. The summed E-state index contributed by atoms with van der Waals surface area (Å²) in [7, 11) is 0. The van der Waals surface area contributed by atoms with E-state index >= 15 is 0 Å². The lowest BCUT2D eigenvalue weighted by Crippen LogP contribution is -2.49. The second-order valence-electron chi connectivity index (χ2n) is 8.87. The Balaban J connectivity index is 1.47. The highest BCUT2D eigenvalue weighted by molar-refractivity contribution is 6.07. The van der Waals surface area contributed by atoms with Crippen molar-refractivity contribution in [3.05, 3.63) is 57.8 Å². The van der Waals surface area contributed by atoms with Gasteiger partial charge in [0.25, 0.3) is 11.8 Å². The molecule has 4 amide bonds. The molecule has 2 N–H and O–H groups in total. The summed E-state index contributed by atoms with van der Waals surface area (Å²) in [6.45, 7) is 12.4. The van der Waals surface area contributed by atoms with E-state index in [0.29, 0.717) is 24.2 Å². The Labute approximate surface area is 188 Å². The molecule has 4 rings (SSSR count). The van der Waals surface area contributed by atoms with Crippen LogP contribution in [0.1, 0.15) is 45.2 Å². The number of amides is 4. The van der Waals surface area contributed by atoms with Gasteiger partial charge in [-0.15, -0.1) is 0 Å². The molecule has 1 atom stereocenters. The van der Waals surface area contributed by atoms with Crippen molar-refractivity contribution < 1.29 is 14.4 Å². The number of urea groups is 1. The van der Waals surface area contributed by atoms with Crippen molar-refractivity contribution in [1.29, 1.82) is 0 Å². The van der Waals surface area contributed by atoms with Gasteiger partial charge >= 0.3 is 6.03 Å². The fourth-order valence-electron chi connectivity index (χ4n) is 4.40. The number of hydrogen-bond donors (Lipinski definition) is 2. The van der Waals surface area contributed by atoms with Crippen LogP contribution in [-0.2, 0) is 10.3 Å². The molecule has 2 aliphatic heterocycles. The average Bonchev–Trinajstić information content (AvgIpc) is 3.02. The first-order valence-electron chi connectivity index (χ1n) is 10.8. The maximum absolute atomic E-state index is 13.2. The van der Waals surface area contributed by atoms with Gasteiger partial charge in [0.05, 0.1) is 0 Å². The van der Waals surface area contributed by atoms with Gasteiger partial charge in [0, 0.05) is 37.4 Å². The Morgan fingerprint density at radius 2 is 1.66 bits per heavy atom. The number of anilines is 1. The second-order valence-corrected chi connectivity index (χ2v) is 8.87. The first-order chi connectivity index (χ1) is 15.1. The molecule has 0 bridgehead atoms. The van der Waals surface area contributed by atoms with E-state index in [4.69, 9.17) is 4.98 Å². The van der Waals surface area contributed by atoms with Crippen LogP contribution in [0.25, 0.3) is 0 Å². The Hall–Kier alpha value is -3.42. The Morgan fingerprint density at radius 1 is 0.969 bits per heavy atom. The van der Waals surface area contributed by atoms with E-state index in [2.05, 4.69) is 35.4 Å². The predicted molar refractivity (Wildman–Crippen MR) is 122 cm³/mol. The van der Waals surface area contributed by atoms with E-state index in [0.717, 1.165) is 35.7 Å². The molecule has 1 aromatic carbocycles. The molecule has 8 heteroatoms. The SMILES string of the molecule is Cc1cc(C2(C)NC(=O)NC2=O)ccc1C(=O)N1CCN(c2nc(C)c(C)cc2C)CC1. The number of rotatable bonds is 3. The van der Waals surface area contributed by atoms with Crippen molar-refractivity contribution in [2.75, 3.05) is 31.1 Å². The van der Waals surface area contributed by atoms with Crippen LogP contribution in [0.5, 0.6) is 0 Å². The zero-order chi connectivity index (χ0) is 23.2. The highest BCUT2D eigenvalue weighted by Crippen LogP contribution is 2.27. The van der Waals surface area contributed by atoms with E-state index < -0.39 is 17.5 Å². The maximum atomic E-state index is 13.2. The minimum absolute atomic E-state index is 0.0245. The van der Waals surface area contributed by atoms with Crippen LogP contribution < -0.4 is 15.5 Å². The van der Waals surface area contributed by atoms with Crippen LogP contribution >= 0.6 is 0 Å². The lowest BCUT2D eigenvalue weighted by molar-refractivity contribution is -0.123. The molecule has 2 aliphatic rings. The van der Waals surface area contributed by atoms with Crippen LogP contribution in [0.4, 0.5) is 10.6 Å². The number of aromatic nitrogens is 1. The summed E-state index contributed by atoms with van der Waals surface area (Å²) < 4.78 is 0. The number of nitrogens with zero attached hydrogens (tertiary/aromatic N) is 3. The van der Waals surface area contributed by atoms with Crippen molar-refractivity contribution >= 4 is 23.7 Å². The molecule has 8 nitrogen and oxygen atoms in total. The van der Waals surface area contributed by atoms with Gasteiger partial charge in [-0.1, -0.05) is 18.2 Å². The van der Waals surface area contributed by atoms with Crippen LogP contribution in [0, 0.1) is 27.7 Å². The van der Waals surface area contributed by atoms with Gasteiger partial charge in [-0.05, 0) is 62.9 Å². The highest BCUT2D eigenvalue weighted by atomic mass is 16.2. The van der Waals surface area contributed by atoms with E-state index in [9.17, 15) is 14.4 Å². The zero-order valence-electron chi connectivity index (χ0n) is 19.2. The topological polar surface area (TPSA) is 94.6 Å². The van der Waals surface area contributed by atoms with E-state index in [1.807, 2.05) is 18.7 Å². The van der Waals surface area contributed by atoms with Gasteiger partial charge in [-0.3, -0.25) is 14.9 Å². The molecule has 0 radical (unpaired) electrons. The van der Waals surface area contributed by atoms with E-state index in [-0.39, 0.29) is 5.91 Å². The van der Waals surface area contributed by atoms with Crippen molar-refractivity contribution in [2.24, 2.45) is 0 Å². The quantitative estimate of drug-likeness (QED) is 0.722. The van der Waals surface area contributed by atoms with Gasteiger partial charge in [-0.2, -0.15) is 0 Å². The number of nitrogens with one attached hydrogen (secondary N) is 2. The fourth-order valence-corrected chi connectivity index (χ4v) is 4.40. The van der Waals surface area contributed by atoms with Crippen molar-refractivity contribution in [2.45, 2.75) is 40.2 Å². The minimum Gasteiger partial charge on any atom is -0.353 e. The van der Waals surface area contributed by atoms with E-state index in [1.165, 1.54) is 5.56 Å². The smallest absolute Gasteiger partial charge is 0.322 e. The number of hydrogen-bond acceptors (Lipinski definition) is 5. The molecule has 1 aromatic heterocycles. The van der Waals surface area contributed by atoms with Crippen LogP contribution in [0.15, 0.2) is 24.3 Å². The molecule has 32 heavy (non-hydrogen) atoms. The first kappa shape index (κ1) is 21.8. The van der Waals surface area contributed by atoms with Crippen molar-refractivity contribution in [3.63, 3.8) is 0 Å². The summed E-state index contributed by atoms with van der Waals surface area (Å²) in [5, 5.41) is 4.93. The molecule has 0 spiro atoms. The summed E-state index contributed by atoms with van der Waals surface area (Å²) in [6.07, 6.45) is 0. The summed E-state index contributed by atoms with van der Waals surface area (Å²) in [5.41, 5.74) is 4.26. The van der Waals surface area contributed by atoms with Crippen molar-refractivity contribution in [1.82, 2.24) is 20.5 Å². The third-order valence-corrected chi connectivity index (χ3v) is 6.58. The third-order valence-electron chi connectivity index (χ3n) is 6.58. The first-order valence-corrected chi connectivity index (χ1v) is 10.8. The minimum atomic E-state index is -1.13. The lowest BCUT2D eigenvalue weighted by Gasteiger charge is -2.36. The number of imide groups is 1. The van der Waals surface area contributed by atoms with Crippen LogP contribution in [0.3, 0.4) is 0 Å². The second kappa shape index (κ2) is 7.93. The van der Waals surface area contributed by atoms with Crippen molar-refractivity contribution in [3.8, 4) is 0 Å². The molecule has 3 heterocycles. The van der Waals surface area contributed by atoms with Crippen LogP contribution in [-0.4, -0.2) is 53.9 Å². The molecule has 0 aliphatic carbocycles. The number of pyridine rings is 1. The van der Waals surface area contributed by atoms with Crippen LogP contribution in [0.2, 0.25) is 0 Å². The van der Waals surface area contributed by atoms with E-state index in [1.54, 1.807) is 25.1 Å².